The summed E-state index contributed by atoms with van der Waals surface area (Å²) in [5, 5.41) is 0. The van der Waals surface area contributed by atoms with Gasteiger partial charge in [0.2, 0.25) is 0 Å². The number of nitrogens with two attached hydrogens (primary N) is 1. The number of hydrogen-bond acceptors (Lipinski definition) is 5. The summed E-state index contributed by atoms with van der Waals surface area (Å²) < 4.78 is 25.9. The number of nitrogens with one attached hydrogen (secondary N) is 1. The first kappa shape index (κ1) is 16.0. The van der Waals surface area contributed by atoms with E-state index in [4.69, 9.17) is 5.73 Å². The van der Waals surface area contributed by atoms with Gasteiger partial charge in [0.25, 0.3) is 15.9 Å². The van der Waals surface area contributed by atoms with Gasteiger partial charge in [-0.1, -0.05) is 17.7 Å². The molecule has 0 bridgehead atoms. The van der Waals surface area contributed by atoms with Crippen LogP contribution in [0.1, 0.15) is 12.0 Å². The van der Waals surface area contributed by atoms with Crippen LogP contribution in [0.5, 0.6) is 0 Å². The van der Waals surface area contributed by atoms with Crippen molar-refractivity contribution >= 4 is 27.7 Å². The average Bonchev–Trinajstić information content (AvgIpc) is 2.35. The molecule has 1 aromatic carbocycles. The van der Waals surface area contributed by atoms with Crippen LogP contribution in [0.15, 0.2) is 29.2 Å². The third-order valence-corrected chi connectivity index (χ3v) is 4.54. The minimum atomic E-state index is -3.83. The first-order chi connectivity index (χ1) is 8.86. The summed E-state index contributed by atoms with van der Waals surface area (Å²) >= 11 is 1.55. The van der Waals surface area contributed by atoms with E-state index in [1.165, 1.54) is 12.1 Å². The zero-order chi connectivity index (χ0) is 14.5. The Labute approximate surface area is 118 Å². The molecule has 1 amide bonds. The Hall–Kier alpha value is -1.05. The summed E-state index contributed by atoms with van der Waals surface area (Å²) in [7, 11) is -3.83. The molecule has 1 aromatic rings. The number of amides is 1. The molecule has 0 saturated carbocycles. The maximum absolute atomic E-state index is 11.9. The Kier molecular flexibility index (Phi) is 5.84. The van der Waals surface area contributed by atoms with Gasteiger partial charge in [0.15, 0.2) is 0 Å². The minimum absolute atomic E-state index is 0.0588. The Balaban J connectivity index is 2.74. The van der Waals surface area contributed by atoms with Gasteiger partial charge in [-0.25, -0.2) is 13.1 Å². The van der Waals surface area contributed by atoms with E-state index in [-0.39, 0.29) is 4.90 Å². The maximum Gasteiger partial charge on any atom is 0.264 e. The predicted octanol–water partition coefficient (Wildman–Crippen LogP) is 0.880. The summed E-state index contributed by atoms with van der Waals surface area (Å²) in [4.78, 5) is 11.7. The van der Waals surface area contributed by atoms with Crippen LogP contribution in [-0.2, 0) is 14.8 Å². The Morgan fingerprint density at radius 2 is 1.95 bits per heavy atom. The zero-order valence-electron chi connectivity index (χ0n) is 10.9. The Morgan fingerprint density at radius 3 is 2.47 bits per heavy atom. The average molecular weight is 302 g/mol. The lowest BCUT2D eigenvalue weighted by Crippen LogP contribution is -2.43. The van der Waals surface area contributed by atoms with Crippen LogP contribution in [-0.4, -0.2) is 32.4 Å². The molecule has 0 aliphatic rings. The molecular weight excluding hydrogens is 284 g/mol. The van der Waals surface area contributed by atoms with Crippen molar-refractivity contribution in [3.63, 3.8) is 0 Å². The van der Waals surface area contributed by atoms with Gasteiger partial charge in [0.1, 0.15) is 0 Å². The van der Waals surface area contributed by atoms with Crippen molar-refractivity contribution in [1.82, 2.24) is 4.72 Å². The predicted molar refractivity (Wildman–Crippen MR) is 77.5 cm³/mol. The van der Waals surface area contributed by atoms with E-state index in [1.54, 1.807) is 23.9 Å². The molecule has 19 heavy (non-hydrogen) atoms. The monoisotopic (exact) mass is 302 g/mol. The highest BCUT2D eigenvalue weighted by Crippen LogP contribution is 2.10. The topological polar surface area (TPSA) is 89.3 Å². The summed E-state index contributed by atoms with van der Waals surface area (Å²) in [6.07, 6.45) is 2.34. The molecule has 0 unspecified atom stereocenters. The summed E-state index contributed by atoms with van der Waals surface area (Å²) in [6, 6.07) is 5.45. The highest BCUT2D eigenvalue weighted by Gasteiger charge is 2.21. The molecule has 0 radical (unpaired) electrons. The number of hydrogen-bond donors (Lipinski definition) is 2. The van der Waals surface area contributed by atoms with Crippen molar-refractivity contribution in [2.24, 2.45) is 5.73 Å². The molecule has 5 nitrogen and oxygen atoms in total. The third-order valence-electron chi connectivity index (χ3n) is 2.54. The van der Waals surface area contributed by atoms with Crippen molar-refractivity contribution in [3.05, 3.63) is 29.8 Å². The van der Waals surface area contributed by atoms with Crippen LogP contribution in [0.2, 0.25) is 0 Å². The lowest BCUT2D eigenvalue weighted by atomic mass is 10.2. The normalized spacial score (nSPS) is 13.0. The first-order valence-electron chi connectivity index (χ1n) is 5.74. The van der Waals surface area contributed by atoms with E-state index in [0.29, 0.717) is 12.2 Å². The molecule has 0 fully saturated rings. The van der Waals surface area contributed by atoms with Crippen LogP contribution in [0.25, 0.3) is 0 Å². The number of aryl methyl sites for hydroxylation is 1. The van der Waals surface area contributed by atoms with Crippen molar-refractivity contribution < 1.29 is 13.2 Å². The first-order valence-corrected chi connectivity index (χ1v) is 8.62. The maximum atomic E-state index is 11.9. The molecule has 1 atom stereocenters. The Morgan fingerprint density at radius 1 is 1.37 bits per heavy atom. The van der Waals surface area contributed by atoms with Gasteiger partial charge in [0.05, 0.1) is 10.9 Å². The number of carbonyl (C=O) groups excluding carboxylic acids is 1. The molecule has 3 N–H and O–H groups in total. The van der Waals surface area contributed by atoms with Crippen LogP contribution in [0.3, 0.4) is 0 Å². The minimum Gasteiger partial charge on any atom is -0.320 e. The second-order valence-corrected chi connectivity index (χ2v) is 6.84. The van der Waals surface area contributed by atoms with Crippen molar-refractivity contribution in [2.75, 3.05) is 12.0 Å². The molecule has 0 spiro atoms. The largest absolute Gasteiger partial charge is 0.320 e. The highest BCUT2D eigenvalue weighted by atomic mass is 32.2. The van der Waals surface area contributed by atoms with E-state index in [2.05, 4.69) is 0 Å². The molecule has 0 aromatic heterocycles. The second-order valence-electron chi connectivity index (χ2n) is 4.17. The van der Waals surface area contributed by atoms with E-state index < -0.39 is 22.0 Å². The van der Waals surface area contributed by atoms with Crippen molar-refractivity contribution in [1.29, 1.82) is 0 Å². The SMILES string of the molecule is CSCC[C@H](N)C(=O)NS(=O)(=O)c1ccc(C)cc1. The van der Waals surface area contributed by atoms with Gasteiger partial charge in [0, 0.05) is 0 Å². The summed E-state index contributed by atoms with van der Waals surface area (Å²) in [5.41, 5.74) is 6.57. The number of benzene rings is 1. The van der Waals surface area contributed by atoms with E-state index in [0.717, 1.165) is 5.56 Å². The molecule has 0 saturated heterocycles. The molecule has 0 heterocycles. The Bertz CT molecular complexity index is 526. The van der Waals surface area contributed by atoms with E-state index in [9.17, 15) is 13.2 Å². The summed E-state index contributed by atoms with van der Waals surface area (Å²) in [6.45, 7) is 1.85. The zero-order valence-corrected chi connectivity index (χ0v) is 12.6. The quantitative estimate of drug-likeness (QED) is 0.814. The van der Waals surface area contributed by atoms with Gasteiger partial charge in [-0.3, -0.25) is 4.79 Å². The fraction of sp³-hybridized carbons (Fsp3) is 0.417. The van der Waals surface area contributed by atoms with Gasteiger partial charge < -0.3 is 5.73 Å². The van der Waals surface area contributed by atoms with Gasteiger partial charge in [-0.15, -0.1) is 0 Å². The molecule has 0 aliphatic carbocycles. The van der Waals surface area contributed by atoms with Crippen molar-refractivity contribution in [3.8, 4) is 0 Å². The van der Waals surface area contributed by atoms with Gasteiger partial charge in [-0.2, -0.15) is 11.8 Å². The molecule has 7 heteroatoms. The van der Waals surface area contributed by atoms with Crippen molar-refractivity contribution in [2.45, 2.75) is 24.3 Å². The smallest absolute Gasteiger partial charge is 0.264 e. The number of carbonyl (C=O) groups is 1. The molecule has 1 rings (SSSR count). The van der Waals surface area contributed by atoms with Gasteiger partial charge in [-0.05, 0) is 37.5 Å². The molecular formula is C12H18N2O3S2. The lowest BCUT2D eigenvalue weighted by Gasteiger charge is -2.12. The number of sulfonamides is 1. The third kappa shape index (κ3) is 4.85. The number of thioether (sulfide) groups is 1. The van der Waals surface area contributed by atoms with E-state index in [1.807, 2.05) is 17.9 Å². The molecule has 106 valence electrons. The number of rotatable bonds is 6. The fourth-order valence-corrected chi connectivity index (χ4v) is 2.88. The van der Waals surface area contributed by atoms with Crippen LogP contribution >= 0.6 is 11.8 Å². The second kappa shape index (κ2) is 6.93. The fourth-order valence-electron chi connectivity index (χ4n) is 1.36. The standard InChI is InChI=1S/C12H18N2O3S2/c1-9-3-5-10(6-4-9)19(16,17)14-12(15)11(13)7-8-18-2/h3-6,11H,7-8,13H2,1-2H3,(H,14,15)/t11-/m0/s1. The lowest BCUT2D eigenvalue weighted by molar-refractivity contribution is -0.120. The van der Waals surface area contributed by atoms with Gasteiger partial charge >= 0.3 is 0 Å². The van der Waals surface area contributed by atoms with Crippen LogP contribution in [0, 0.1) is 6.92 Å². The van der Waals surface area contributed by atoms with E-state index >= 15 is 0 Å². The highest BCUT2D eigenvalue weighted by molar-refractivity contribution is 7.98. The van der Waals surface area contributed by atoms with Crippen LogP contribution < -0.4 is 10.5 Å². The summed E-state index contributed by atoms with van der Waals surface area (Å²) in [5.74, 6) is 0.0359. The van der Waals surface area contributed by atoms with Crippen LogP contribution in [0.4, 0.5) is 0 Å². The molecule has 0 aliphatic heterocycles.